The van der Waals surface area contributed by atoms with Crippen LogP contribution in [0.4, 0.5) is 5.69 Å². The Balaban J connectivity index is 2.05. The van der Waals surface area contributed by atoms with Crippen molar-refractivity contribution in [3.8, 4) is 6.07 Å². The highest BCUT2D eigenvalue weighted by Gasteiger charge is 2.01. The monoisotopic (exact) mass is 237 g/mol. The van der Waals surface area contributed by atoms with Crippen LogP contribution in [0.1, 0.15) is 23.7 Å². The van der Waals surface area contributed by atoms with E-state index in [1.807, 2.05) is 12.1 Å². The summed E-state index contributed by atoms with van der Waals surface area (Å²) in [7, 11) is 0. The van der Waals surface area contributed by atoms with E-state index in [4.69, 9.17) is 5.26 Å². The summed E-state index contributed by atoms with van der Waals surface area (Å²) in [5.74, 6) is 0. The predicted molar refractivity (Wildman–Crippen MR) is 72.1 cm³/mol. The summed E-state index contributed by atoms with van der Waals surface area (Å²) in [6.45, 7) is 2.84. The first-order valence-electron chi connectivity index (χ1n) is 6.00. The second-order valence-electron chi connectivity index (χ2n) is 4.03. The van der Waals surface area contributed by atoms with Crippen LogP contribution in [0.25, 0.3) is 0 Å². The molecule has 18 heavy (non-hydrogen) atoms. The fourth-order valence-corrected chi connectivity index (χ4v) is 1.73. The Hall–Kier alpha value is -2.34. The van der Waals surface area contributed by atoms with Crippen molar-refractivity contribution in [2.24, 2.45) is 0 Å². The molecule has 0 saturated heterocycles. The molecular weight excluding hydrogens is 222 g/mol. The van der Waals surface area contributed by atoms with Crippen molar-refractivity contribution in [1.29, 1.82) is 5.26 Å². The van der Waals surface area contributed by atoms with Gasteiger partial charge in [0.1, 0.15) is 6.07 Å². The van der Waals surface area contributed by atoms with E-state index in [0.717, 1.165) is 12.1 Å². The number of anilines is 1. The molecule has 0 bridgehead atoms. The van der Waals surface area contributed by atoms with Gasteiger partial charge in [0.2, 0.25) is 0 Å². The minimum absolute atomic E-state index is 0.433. The van der Waals surface area contributed by atoms with E-state index in [9.17, 15) is 0 Å². The average molecular weight is 237 g/mol. The van der Waals surface area contributed by atoms with Crippen molar-refractivity contribution in [3.63, 3.8) is 0 Å². The van der Waals surface area contributed by atoms with Gasteiger partial charge in [-0.2, -0.15) is 5.26 Å². The molecule has 0 spiro atoms. The third-order valence-electron chi connectivity index (χ3n) is 2.83. The highest BCUT2D eigenvalue weighted by atomic mass is 14.9. The van der Waals surface area contributed by atoms with Crippen LogP contribution in [0.2, 0.25) is 0 Å². The van der Waals surface area contributed by atoms with Crippen LogP contribution in [-0.4, -0.2) is 4.98 Å². The highest BCUT2D eigenvalue weighted by Crippen LogP contribution is 2.13. The Labute approximate surface area is 107 Å². The van der Waals surface area contributed by atoms with Crippen LogP contribution >= 0.6 is 0 Å². The average Bonchev–Trinajstić information content (AvgIpc) is 2.46. The van der Waals surface area contributed by atoms with Gasteiger partial charge in [-0.15, -0.1) is 0 Å². The van der Waals surface area contributed by atoms with Gasteiger partial charge in [0.25, 0.3) is 0 Å². The summed E-state index contributed by atoms with van der Waals surface area (Å²) in [6, 6.07) is 14.2. The molecule has 0 saturated carbocycles. The number of hydrogen-bond donors (Lipinski definition) is 1. The normalized spacial score (nSPS) is 9.78. The molecule has 0 unspecified atom stereocenters. The topological polar surface area (TPSA) is 48.7 Å². The molecule has 1 aromatic carbocycles. The highest BCUT2D eigenvalue weighted by molar-refractivity contribution is 5.53. The predicted octanol–water partition coefficient (Wildman–Crippen LogP) is 3.13. The Morgan fingerprint density at radius 3 is 2.56 bits per heavy atom. The Bertz CT molecular complexity index is 553. The van der Waals surface area contributed by atoms with E-state index in [-0.39, 0.29) is 0 Å². The van der Waals surface area contributed by atoms with E-state index in [2.05, 4.69) is 47.6 Å². The lowest BCUT2D eigenvalue weighted by molar-refractivity contribution is 1.10. The molecule has 0 aliphatic rings. The summed E-state index contributed by atoms with van der Waals surface area (Å²) < 4.78 is 0. The molecule has 0 aliphatic carbocycles. The molecule has 1 N–H and O–H groups in total. The fraction of sp³-hybridized carbons (Fsp3) is 0.200. The first-order chi connectivity index (χ1) is 8.83. The largest absolute Gasteiger partial charge is 0.379 e. The number of nitrogens with zero attached hydrogens (tertiary/aromatic N) is 2. The summed E-state index contributed by atoms with van der Waals surface area (Å²) in [6.07, 6.45) is 2.68. The van der Waals surface area contributed by atoms with Crippen LogP contribution in [0.5, 0.6) is 0 Å². The quantitative estimate of drug-likeness (QED) is 0.888. The number of pyridine rings is 1. The Morgan fingerprint density at radius 2 is 1.89 bits per heavy atom. The number of rotatable bonds is 4. The first kappa shape index (κ1) is 12.1. The van der Waals surface area contributed by atoms with E-state index in [1.165, 1.54) is 11.1 Å². The van der Waals surface area contributed by atoms with Crippen LogP contribution in [0, 0.1) is 11.3 Å². The number of nitrogens with one attached hydrogen (secondary N) is 1. The number of aryl methyl sites for hydroxylation is 1. The van der Waals surface area contributed by atoms with Gasteiger partial charge in [0, 0.05) is 12.7 Å². The Morgan fingerprint density at radius 1 is 1.17 bits per heavy atom. The molecule has 0 radical (unpaired) electrons. The molecule has 0 aliphatic heterocycles. The molecule has 3 nitrogen and oxygen atoms in total. The third kappa shape index (κ3) is 2.86. The lowest BCUT2D eigenvalue weighted by atomic mass is 10.1. The fourth-order valence-electron chi connectivity index (χ4n) is 1.73. The maximum atomic E-state index is 8.93. The maximum absolute atomic E-state index is 8.93. The van der Waals surface area contributed by atoms with Gasteiger partial charge in [-0.05, 0) is 29.7 Å². The van der Waals surface area contributed by atoms with E-state index < -0.39 is 0 Å². The zero-order chi connectivity index (χ0) is 12.8. The van der Waals surface area contributed by atoms with Gasteiger partial charge in [-0.3, -0.25) is 0 Å². The van der Waals surface area contributed by atoms with Crippen LogP contribution < -0.4 is 5.32 Å². The molecule has 1 heterocycles. The van der Waals surface area contributed by atoms with Crippen molar-refractivity contribution in [2.45, 2.75) is 19.9 Å². The van der Waals surface area contributed by atoms with Crippen molar-refractivity contribution >= 4 is 5.69 Å². The number of benzene rings is 1. The zero-order valence-electron chi connectivity index (χ0n) is 10.4. The van der Waals surface area contributed by atoms with Crippen LogP contribution in [-0.2, 0) is 13.0 Å². The van der Waals surface area contributed by atoms with Gasteiger partial charge in [0.05, 0.1) is 5.69 Å². The minimum atomic E-state index is 0.433. The van der Waals surface area contributed by atoms with Crippen molar-refractivity contribution in [1.82, 2.24) is 4.98 Å². The molecule has 0 amide bonds. The second kappa shape index (κ2) is 5.83. The summed E-state index contributed by atoms with van der Waals surface area (Å²) >= 11 is 0. The van der Waals surface area contributed by atoms with Crippen molar-refractivity contribution in [3.05, 3.63) is 59.4 Å². The number of nitriles is 1. The first-order valence-corrected chi connectivity index (χ1v) is 6.00. The molecule has 2 aromatic rings. The second-order valence-corrected chi connectivity index (χ2v) is 4.03. The SMILES string of the molecule is CCc1ccc(CNc2cccnc2C#N)cc1. The van der Waals surface area contributed by atoms with Gasteiger partial charge in [0.15, 0.2) is 5.69 Å². The van der Waals surface area contributed by atoms with E-state index in [0.29, 0.717) is 12.2 Å². The molecule has 0 fully saturated rings. The number of aromatic nitrogens is 1. The minimum Gasteiger partial charge on any atom is -0.379 e. The van der Waals surface area contributed by atoms with E-state index >= 15 is 0 Å². The zero-order valence-corrected chi connectivity index (χ0v) is 10.4. The third-order valence-corrected chi connectivity index (χ3v) is 2.83. The summed E-state index contributed by atoms with van der Waals surface area (Å²) in [5.41, 5.74) is 3.74. The van der Waals surface area contributed by atoms with E-state index in [1.54, 1.807) is 6.20 Å². The summed E-state index contributed by atoms with van der Waals surface area (Å²) in [5, 5.41) is 12.2. The molecule has 2 rings (SSSR count). The molecule has 90 valence electrons. The van der Waals surface area contributed by atoms with Gasteiger partial charge < -0.3 is 5.32 Å². The van der Waals surface area contributed by atoms with Crippen LogP contribution in [0.3, 0.4) is 0 Å². The van der Waals surface area contributed by atoms with Crippen molar-refractivity contribution < 1.29 is 0 Å². The van der Waals surface area contributed by atoms with Gasteiger partial charge in [-0.1, -0.05) is 31.2 Å². The molecule has 0 atom stereocenters. The Kier molecular flexibility index (Phi) is 3.93. The standard InChI is InChI=1S/C15H15N3/c1-2-12-5-7-13(8-6-12)11-18-14-4-3-9-17-15(14)10-16/h3-9,18H,2,11H2,1H3. The molecule has 3 heteroatoms. The van der Waals surface area contributed by atoms with Crippen molar-refractivity contribution in [2.75, 3.05) is 5.32 Å². The lowest BCUT2D eigenvalue weighted by Gasteiger charge is -2.07. The lowest BCUT2D eigenvalue weighted by Crippen LogP contribution is -2.02. The summed E-state index contributed by atoms with van der Waals surface area (Å²) in [4.78, 5) is 4.01. The molecule has 1 aromatic heterocycles. The maximum Gasteiger partial charge on any atom is 0.163 e. The van der Waals surface area contributed by atoms with Gasteiger partial charge in [-0.25, -0.2) is 4.98 Å². The smallest absolute Gasteiger partial charge is 0.163 e. The van der Waals surface area contributed by atoms with Crippen LogP contribution in [0.15, 0.2) is 42.6 Å². The number of hydrogen-bond acceptors (Lipinski definition) is 3. The molecular formula is C15H15N3. The van der Waals surface area contributed by atoms with Gasteiger partial charge >= 0.3 is 0 Å².